The van der Waals surface area contributed by atoms with Gasteiger partial charge in [-0.25, -0.2) is 4.98 Å². The van der Waals surface area contributed by atoms with Gasteiger partial charge in [-0.1, -0.05) is 30.4 Å². The Morgan fingerprint density at radius 3 is 2.90 bits per heavy atom. The van der Waals surface area contributed by atoms with E-state index in [4.69, 9.17) is 18.0 Å². The van der Waals surface area contributed by atoms with Gasteiger partial charge in [0.1, 0.15) is 10.8 Å². The van der Waals surface area contributed by atoms with E-state index >= 15 is 0 Å². The minimum atomic E-state index is 0.411. The van der Waals surface area contributed by atoms with Crippen molar-refractivity contribution in [2.24, 2.45) is 5.73 Å². The SMILES string of the molecule is CSCCCCNc1cc(C(N)=S)c2ccccc2n1. The summed E-state index contributed by atoms with van der Waals surface area (Å²) in [6.07, 6.45) is 4.48. The summed E-state index contributed by atoms with van der Waals surface area (Å²) in [5.41, 5.74) is 7.62. The van der Waals surface area contributed by atoms with Crippen molar-refractivity contribution in [1.29, 1.82) is 0 Å². The van der Waals surface area contributed by atoms with Crippen LogP contribution < -0.4 is 11.1 Å². The van der Waals surface area contributed by atoms with E-state index in [1.807, 2.05) is 42.1 Å². The van der Waals surface area contributed by atoms with Crippen LogP contribution in [-0.4, -0.2) is 28.5 Å². The average molecular weight is 305 g/mol. The van der Waals surface area contributed by atoms with Crippen LogP contribution in [-0.2, 0) is 0 Å². The van der Waals surface area contributed by atoms with Crippen LogP contribution in [0, 0.1) is 0 Å². The van der Waals surface area contributed by atoms with Crippen molar-refractivity contribution in [2.75, 3.05) is 23.9 Å². The van der Waals surface area contributed by atoms with Crippen molar-refractivity contribution in [3.8, 4) is 0 Å². The number of pyridine rings is 1. The molecule has 1 aromatic carbocycles. The highest BCUT2D eigenvalue weighted by Gasteiger charge is 2.07. The Bertz CT molecular complexity index is 599. The molecule has 0 amide bonds. The number of nitrogens with zero attached hydrogens (tertiary/aromatic N) is 1. The maximum absolute atomic E-state index is 5.82. The molecule has 20 heavy (non-hydrogen) atoms. The first-order chi connectivity index (χ1) is 9.72. The van der Waals surface area contributed by atoms with Crippen molar-refractivity contribution in [3.63, 3.8) is 0 Å². The van der Waals surface area contributed by atoms with Crippen molar-refractivity contribution in [1.82, 2.24) is 4.98 Å². The second kappa shape index (κ2) is 7.45. The summed E-state index contributed by atoms with van der Waals surface area (Å²) < 4.78 is 0. The number of aromatic nitrogens is 1. The molecule has 0 spiro atoms. The van der Waals surface area contributed by atoms with Gasteiger partial charge in [-0.15, -0.1) is 0 Å². The molecule has 0 unspecified atom stereocenters. The topological polar surface area (TPSA) is 50.9 Å². The van der Waals surface area contributed by atoms with Crippen LogP contribution in [0.4, 0.5) is 5.82 Å². The lowest BCUT2D eigenvalue weighted by atomic mass is 10.1. The summed E-state index contributed by atoms with van der Waals surface area (Å²) in [6.45, 7) is 0.919. The van der Waals surface area contributed by atoms with E-state index < -0.39 is 0 Å². The van der Waals surface area contributed by atoms with E-state index in [2.05, 4.69) is 16.6 Å². The van der Waals surface area contributed by atoms with Gasteiger partial charge in [0.2, 0.25) is 0 Å². The number of thiocarbonyl (C=S) groups is 1. The first-order valence-electron chi connectivity index (χ1n) is 6.65. The van der Waals surface area contributed by atoms with Gasteiger partial charge in [-0.3, -0.25) is 0 Å². The third kappa shape index (κ3) is 3.84. The zero-order valence-corrected chi connectivity index (χ0v) is 13.2. The number of rotatable bonds is 7. The number of hydrogen-bond acceptors (Lipinski definition) is 4. The molecule has 3 N–H and O–H groups in total. The zero-order chi connectivity index (χ0) is 14.4. The normalized spacial score (nSPS) is 10.7. The van der Waals surface area contributed by atoms with Crippen LogP contribution >= 0.6 is 24.0 Å². The van der Waals surface area contributed by atoms with Crippen LogP contribution in [0.3, 0.4) is 0 Å². The highest BCUT2D eigenvalue weighted by Crippen LogP contribution is 2.20. The number of para-hydroxylation sites is 1. The van der Waals surface area contributed by atoms with E-state index in [9.17, 15) is 0 Å². The fourth-order valence-electron chi connectivity index (χ4n) is 2.06. The highest BCUT2D eigenvalue weighted by molar-refractivity contribution is 7.98. The summed E-state index contributed by atoms with van der Waals surface area (Å²) in [6, 6.07) is 9.87. The standard InChI is InChI=1S/C15H19N3S2/c1-20-9-5-4-8-17-14-10-12(15(16)19)11-6-2-3-7-13(11)18-14/h2-3,6-7,10H,4-5,8-9H2,1H3,(H2,16,19)(H,17,18). The molecule has 2 rings (SSSR count). The van der Waals surface area contributed by atoms with Crippen LogP contribution in [0.5, 0.6) is 0 Å². The number of anilines is 1. The van der Waals surface area contributed by atoms with Gasteiger partial charge < -0.3 is 11.1 Å². The van der Waals surface area contributed by atoms with Gasteiger partial charge in [-0.2, -0.15) is 11.8 Å². The van der Waals surface area contributed by atoms with Crippen molar-refractivity contribution in [2.45, 2.75) is 12.8 Å². The van der Waals surface area contributed by atoms with E-state index in [1.165, 1.54) is 12.2 Å². The minimum absolute atomic E-state index is 0.411. The van der Waals surface area contributed by atoms with Gasteiger partial charge in [0, 0.05) is 17.5 Å². The number of nitrogens with two attached hydrogens (primary N) is 1. The molecule has 0 saturated carbocycles. The zero-order valence-electron chi connectivity index (χ0n) is 11.6. The van der Waals surface area contributed by atoms with E-state index in [0.29, 0.717) is 4.99 Å². The second-order valence-corrected chi connectivity index (χ2v) is 5.99. The van der Waals surface area contributed by atoms with E-state index in [0.717, 1.165) is 35.2 Å². The lowest BCUT2D eigenvalue weighted by Gasteiger charge is -2.10. The van der Waals surface area contributed by atoms with E-state index in [-0.39, 0.29) is 0 Å². The maximum atomic E-state index is 5.82. The fourth-order valence-corrected chi connectivity index (χ4v) is 2.72. The number of benzene rings is 1. The molecular weight excluding hydrogens is 286 g/mol. The van der Waals surface area contributed by atoms with Crippen molar-refractivity contribution >= 4 is 45.7 Å². The summed E-state index contributed by atoms with van der Waals surface area (Å²) in [7, 11) is 0. The summed E-state index contributed by atoms with van der Waals surface area (Å²) in [5, 5.41) is 4.36. The number of nitrogens with one attached hydrogen (secondary N) is 1. The van der Waals surface area contributed by atoms with Crippen LogP contribution in [0.15, 0.2) is 30.3 Å². The average Bonchev–Trinajstić information content (AvgIpc) is 2.46. The minimum Gasteiger partial charge on any atom is -0.389 e. The van der Waals surface area contributed by atoms with Crippen molar-refractivity contribution < 1.29 is 0 Å². The highest BCUT2D eigenvalue weighted by atomic mass is 32.2. The Kier molecular flexibility index (Phi) is 5.61. The Balaban J connectivity index is 2.15. The molecule has 0 bridgehead atoms. The quantitative estimate of drug-likeness (QED) is 0.606. The van der Waals surface area contributed by atoms with Gasteiger partial charge in [-0.05, 0) is 37.0 Å². The first kappa shape index (κ1) is 15.1. The predicted molar refractivity (Wildman–Crippen MR) is 93.7 cm³/mol. The lowest BCUT2D eigenvalue weighted by molar-refractivity contribution is 0.840. The van der Waals surface area contributed by atoms with Gasteiger partial charge >= 0.3 is 0 Å². The number of unbranched alkanes of at least 4 members (excludes halogenated alkanes) is 1. The molecule has 106 valence electrons. The summed E-state index contributed by atoms with van der Waals surface area (Å²) >= 11 is 7.02. The smallest absolute Gasteiger partial charge is 0.127 e. The predicted octanol–water partition coefficient (Wildman–Crippen LogP) is 3.42. The number of fused-ring (bicyclic) bond motifs is 1. The van der Waals surface area contributed by atoms with Gasteiger partial charge in [0.05, 0.1) is 5.52 Å². The third-order valence-electron chi connectivity index (χ3n) is 3.06. The molecule has 2 aromatic rings. The Hall–Kier alpha value is -1.33. The lowest BCUT2D eigenvalue weighted by Crippen LogP contribution is -2.12. The first-order valence-corrected chi connectivity index (χ1v) is 8.45. The molecule has 0 atom stereocenters. The molecule has 0 fully saturated rings. The number of thioether (sulfide) groups is 1. The Labute approximate surface area is 129 Å². The van der Waals surface area contributed by atoms with Crippen molar-refractivity contribution in [3.05, 3.63) is 35.9 Å². The number of hydrogen-bond donors (Lipinski definition) is 2. The Morgan fingerprint density at radius 1 is 1.35 bits per heavy atom. The van der Waals surface area contributed by atoms with Crippen LogP contribution in [0.2, 0.25) is 0 Å². The Morgan fingerprint density at radius 2 is 2.15 bits per heavy atom. The molecule has 1 heterocycles. The molecule has 0 aliphatic heterocycles. The van der Waals surface area contributed by atoms with E-state index in [1.54, 1.807) is 0 Å². The molecular formula is C15H19N3S2. The molecule has 3 nitrogen and oxygen atoms in total. The molecule has 5 heteroatoms. The monoisotopic (exact) mass is 305 g/mol. The summed E-state index contributed by atoms with van der Waals surface area (Å²) in [5.74, 6) is 2.04. The van der Waals surface area contributed by atoms with Crippen LogP contribution in [0.1, 0.15) is 18.4 Å². The molecule has 0 saturated heterocycles. The van der Waals surface area contributed by atoms with Gasteiger partial charge in [0.15, 0.2) is 0 Å². The second-order valence-electron chi connectivity index (χ2n) is 4.56. The molecule has 0 aliphatic carbocycles. The molecule has 0 radical (unpaired) electrons. The van der Waals surface area contributed by atoms with Gasteiger partial charge in [0.25, 0.3) is 0 Å². The van der Waals surface area contributed by atoms with Crippen LogP contribution in [0.25, 0.3) is 10.9 Å². The molecule has 1 aromatic heterocycles. The largest absolute Gasteiger partial charge is 0.389 e. The molecule has 0 aliphatic rings. The maximum Gasteiger partial charge on any atom is 0.127 e. The fraction of sp³-hybridized carbons (Fsp3) is 0.333. The third-order valence-corrected chi connectivity index (χ3v) is 3.98. The summed E-state index contributed by atoms with van der Waals surface area (Å²) in [4.78, 5) is 5.02.